The first kappa shape index (κ1) is 28.4. The number of aliphatic hydroxyl groups is 2. The Labute approximate surface area is 220 Å². The second kappa shape index (κ2) is 10.8. The van der Waals surface area contributed by atoms with Gasteiger partial charge in [0.05, 0.1) is 25.4 Å². The molecule has 208 valence electrons. The van der Waals surface area contributed by atoms with Gasteiger partial charge in [-0.1, -0.05) is 27.2 Å². The van der Waals surface area contributed by atoms with E-state index < -0.39 is 0 Å². The largest absolute Gasteiger partial charge is 0.465 e. The van der Waals surface area contributed by atoms with E-state index in [9.17, 15) is 9.90 Å². The van der Waals surface area contributed by atoms with E-state index in [1.54, 1.807) is 6.92 Å². The van der Waals surface area contributed by atoms with Gasteiger partial charge in [0.1, 0.15) is 0 Å². The molecule has 2 N–H and O–H groups in total. The summed E-state index contributed by atoms with van der Waals surface area (Å²) in [7, 11) is 1.00. The van der Waals surface area contributed by atoms with E-state index in [1.807, 2.05) is 0 Å². The number of rotatable bonds is 2. The lowest BCUT2D eigenvalue weighted by Crippen LogP contribution is -2.61. The lowest BCUT2D eigenvalue weighted by Gasteiger charge is -2.67. The van der Waals surface area contributed by atoms with Crippen molar-refractivity contribution in [1.82, 2.24) is 0 Å². The number of hydrogen-bond donors (Lipinski definition) is 2. The molecule has 1 aliphatic heterocycles. The summed E-state index contributed by atoms with van der Waals surface area (Å²) in [6.45, 7) is 12.9. The first-order valence-electron chi connectivity index (χ1n) is 15.0. The maximum atomic E-state index is 11.6. The summed E-state index contributed by atoms with van der Waals surface area (Å²) in [5, 5.41) is 17.6. The molecule has 0 bridgehead atoms. The third-order valence-corrected chi connectivity index (χ3v) is 12.3. The van der Waals surface area contributed by atoms with Crippen LogP contribution < -0.4 is 0 Å². The second-order valence-corrected chi connectivity index (χ2v) is 13.8. The molecule has 36 heavy (non-hydrogen) atoms. The maximum Gasteiger partial charge on any atom is 0.302 e. The molecule has 6 rings (SSSR count). The molecule has 11 atom stereocenters. The van der Waals surface area contributed by atoms with Gasteiger partial charge in [-0.2, -0.15) is 0 Å². The van der Waals surface area contributed by atoms with Gasteiger partial charge in [-0.05, 0) is 117 Å². The van der Waals surface area contributed by atoms with Crippen LogP contribution in [0.5, 0.6) is 0 Å². The molecule has 0 radical (unpaired) electrons. The number of ether oxygens (including phenoxy) is 2. The van der Waals surface area contributed by atoms with E-state index in [2.05, 4.69) is 27.7 Å². The zero-order chi connectivity index (χ0) is 26.3. The standard InChI is InChI=1S/C27H44O3.C3H6O.CH4O/c1-17-20-9-13-26(4)21-10-15-27(16-30-18(2)28)12-5-6-22(27)19(21)7-8-24(26)25(20,3)14-11-23(17)29;1-3-2-4-3;1-2/h17,19-24,29H,5-16H2,1-4H3;3H,2H2,1H3;2H,1H3. The quantitative estimate of drug-likeness (QED) is 0.355. The van der Waals surface area contributed by atoms with Crippen LogP contribution in [0.15, 0.2) is 0 Å². The highest BCUT2D eigenvalue weighted by Crippen LogP contribution is 2.71. The molecule has 5 aliphatic carbocycles. The molecule has 1 heterocycles. The van der Waals surface area contributed by atoms with E-state index in [1.165, 1.54) is 64.2 Å². The normalized spacial score (nSPS) is 50.4. The van der Waals surface area contributed by atoms with Crippen molar-refractivity contribution < 1.29 is 24.5 Å². The summed E-state index contributed by atoms with van der Waals surface area (Å²) in [5.41, 5.74) is 1.16. The van der Waals surface area contributed by atoms with Crippen LogP contribution >= 0.6 is 0 Å². The fraction of sp³-hybridized carbons (Fsp3) is 0.968. The first-order valence-corrected chi connectivity index (χ1v) is 15.0. The van der Waals surface area contributed by atoms with Crippen LogP contribution in [0, 0.1) is 51.8 Å². The summed E-state index contributed by atoms with van der Waals surface area (Å²) >= 11 is 0. The van der Waals surface area contributed by atoms with Gasteiger partial charge in [0.15, 0.2) is 0 Å². The number of fused-ring (bicyclic) bond motifs is 7. The van der Waals surface area contributed by atoms with Gasteiger partial charge in [0, 0.05) is 19.4 Å². The Bertz CT molecular complexity index is 766. The zero-order valence-electron chi connectivity index (χ0n) is 23.9. The number of hydrogen-bond acceptors (Lipinski definition) is 5. The Balaban J connectivity index is 0.000000454. The number of carbonyl (C=O) groups is 1. The van der Waals surface area contributed by atoms with Gasteiger partial charge in [0.25, 0.3) is 0 Å². The summed E-state index contributed by atoms with van der Waals surface area (Å²) in [6.07, 6.45) is 14.7. The molecular formula is C31H54O5. The molecule has 11 unspecified atom stereocenters. The van der Waals surface area contributed by atoms with Crippen molar-refractivity contribution in [2.45, 2.75) is 117 Å². The van der Waals surface area contributed by atoms with Crippen LogP contribution in [0.2, 0.25) is 0 Å². The Morgan fingerprint density at radius 2 is 1.50 bits per heavy atom. The van der Waals surface area contributed by atoms with E-state index >= 15 is 0 Å². The molecule has 6 aliphatic rings. The van der Waals surface area contributed by atoms with Crippen molar-refractivity contribution in [2.24, 2.45) is 51.8 Å². The predicted octanol–water partition coefficient (Wildman–Crippen LogP) is 6.00. The molecule has 5 heteroatoms. The van der Waals surface area contributed by atoms with Crippen LogP contribution in [0.3, 0.4) is 0 Å². The fourth-order valence-corrected chi connectivity index (χ4v) is 10.6. The second-order valence-electron chi connectivity index (χ2n) is 13.8. The minimum absolute atomic E-state index is 0.0844. The van der Waals surface area contributed by atoms with Crippen LogP contribution in [-0.2, 0) is 14.3 Å². The van der Waals surface area contributed by atoms with Crippen LogP contribution in [0.4, 0.5) is 0 Å². The molecule has 0 aromatic rings. The summed E-state index contributed by atoms with van der Waals surface area (Å²) in [4.78, 5) is 11.6. The lowest BCUT2D eigenvalue weighted by molar-refractivity contribution is -0.198. The Morgan fingerprint density at radius 1 is 0.889 bits per heavy atom. The molecular weight excluding hydrogens is 452 g/mol. The van der Waals surface area contributed by atoms with Crippen molar-refractivity contribution >= 4 is 5.97 Å². The molecule has 1 saturated heterocycles. The zero-order valence-corrected chi connectivity index (χ0v) is 23.9. The minimum atomic E-state index is -0.104. The van der Waals surface area contributed by atoms with E-state index in [0.717, 1.165) is 43.8 Å². The molecule has 5 nitrogen and oxygen atoms in total. The number of carbonyl (C=O) groups excluding carboxylic acids is 1. The SMILES string of the molecule is CC(=O)OCC12CCCC1C1CCC3C4(C)CCC(O)C(C)C4CCC3(C)C1CC2.CC1CO1.CO. The van der Waals surface area contributed by atoms with Crippen molar-refractivity contribution in [3.8, 4) is 0 Å². The van der Waals surface area contributed by atoms with Crippen molar-refractivity contribution in [1.29, 1.82) is 0 Å². The fourth-order valence-electron chi connectivity index (χ4n) is 10.6. The average Bonchev–Trinajstić information content (AvgIpc) is 3.52. The highest BCUT2D eigenvalue weighted by molar-refractivity contribution is 5.65. The highest BCUT2D eigenvalue weighted by Gasteiger charge is 2.64. The highest BCUT2D eigenvalue weighted by atomic mass is 16.6. The first-order chi connectivity index (χ1) is 17.1. The van der Waals surface area contributed by atoms with E-state index in [-0.39, 0.29) is 17.5 Å². The van der Waals surface area contributed by atoms with Crippen molar-refractivity contribution in [2.75, 3.05) is 20.3 Å². The van der Waals surface area contributed by atoms with Crippen LogP contribution in [-0.4, -0.2) is 48.7 Å². The van der Waals surface area contributed by atoms with Gasteiger partial charge < -0.3 is 19.7 Å². The minimum Gasteiger partial charge on any atom is -0.465 e. The van der Waals surface area contributed by atoms with Crippen LogP contribution in [0.1, 0.15) is 105 Å². The summed E-state index contributed by atoms with van der Waals surface area (Å²) < 4.78 is 10.4. The van der Waals surface area contributed by atoms with Gasteiger partial charge in [0.2, 0.25) is 0 Å². The van der Waals surface area contributed by atoms with Gasteiger partial charge >= 0.3 is 5.97 Å². The average molecular weight is 507 g/mol. The number of esters is 1. The van der Waals surface area contributed by atoms with E-state index in [4.69, 9.17) is 14.6 Å². The Kier molecular flexibility index (Phi) is 8.54. The molecule has 0 aromatic heterocycles. The van der Waals surface area contributed by atoms with Crippen molar-refractivity contribution in [3.63, 3.8) is 0 Å². The lowest BCUT2D eigenvalue weighted by atomic mass is 9.37. The maximum absolute atomic E-state index is 11.6. The predicted molar refractivity (Wildman–Crippen MR) is 142 cm³/mol. The van der Waals surface area contributed by atoms with Gasteiger partial charge in [-0.15, -0.1) is 0 Å². The Morgan fingerprint density at radius 3 is 2.14 bits per heavy atom. The smallest absolute Gasteiger partial charge is 0.302 e. The Hall–Kier alpha value is -0.650. The molecule has 6 fully saturated rings. The van der Waals surface area contributed by atoms with Gasteiger partial charge in [-0.3, -0.25) is 4.79 Å². The van der Waals surface area contributed by atoms with Crippen molar-refractivity contribution in [3.05, 3.63) is 0 Å². The summed E-state index contributed by atoms with van der Waals surface area (Å²) in [6, 6.07) is 0. The number of aliphatic hydroxyl groups excluding tert-OH is 2. The summed E-state index contributed by atoms with van der Waals surface area (Å²) in [5.74, 6) is 4.34. The number of epoxide rings is 1. The molecule has 5 saturated carbocycles. The van der Waals surface area contributed by atoms with E-state index in [0.29, 0.717) is 35.4 Å². The van der Waals surface area contributed by atoms with Gasteiger partial charge in [-0.25, -0.2) is 0 Å². The third kappa shape index (κ3) is 4.91. The molecule has 0 aromatic carbocycles. The third-order valence-electron chi connectivity index (χ3n) is 12.3. The molecule has 0 spiro atoms. The topological polar surface area (TPSA) is 79.3 Å². The van der Waals surface area contributed by atoms with Crippen LogP contribution in [0.25, 0.3) is 0 Å². The monoisotopic (exact) mass is 506 g/mol. The molecule has 0 amide bonds.